The molecule has 0 bridgehead atoms. The quantitative estimate of drug-likeness (QED) is 0.283. The summed E-state index contributed by atoms with van der Waals surface area (Å²) in [4.78, 5) is 0. The monoisotopic (exact) mass is 350 g/mol. The third-order valence-corrected chi connectivity index (χ3v) is 5.48. The Bertz CT molecular complexity index is 289. The molecule has 1 fully saturated rings. The Balaban J connectivity index is 0.00000484. The maximum Gasteiger partial charge on any atom is 1.00 e. The fourth-order valence-electron chi connectivity index (χ4n) is 4.00. The van der Waals surface area contributed by atoms with Crippen molar-refractivity contribution in [1.29, 1.82) is 0 Å². The largest absolute Gasteiger partial charge is 1.00 e. The molecule has 0 radical (unpaired) electrons. The summed E-state index contributed by atoms with van der Waals surface area (Å²) in [5.41, 5.74) is 0. The summed E-state index contributed by atoms with van der Waals surface area (Å²) < 4.78 is 0. The Hall–Kier alpha value is 0.830. The molecule has 0 heterocycles. The van der Waals surface area contributed by atoms with Gasteiger partial charge in [0.05, 0.1) is 0 Å². The van der Waals surface area contributed by atoms with Gasteiger partial charge in [0.15, 0.2) is 0 Å². The molecule has 0 aromatic carbocycles. The van der Waals surface area contributed by atoms with Crippen LogP contribution in [0.3, 0.4) is 0 Å². The molecule has 130 valence electrons. The average Bonchev–Trinajstić information content (AvgIpc) is 2.93. The molecule has 2 atom stereocenters. The van der Waals surface area contributed by atoms with Gasteiger partial charge in [0.1, 0.15) is 0 Å². The average molecular weight is 351 g/mol. The summed E-state index contributed by atoms with van der Waals surface area (Å²) >= 11 is 5.31. The van der Waals surface area contributed by atoms with Gasteiger partial charge in [-0.05, 0) is 29.9 Å². The van der Waals surface area contributed by atoms with Crippen molar-refractivity contribution in [2.75, 3.05) is 0 Å². The molecule has 0 saturated heterocycles. The third kappa shape index (κ3) is 12.8. The van der Waals surface area contributed by atoms with E-state index >= 15 is 0 Å². The molecule has 0 amide bonds. The van der Waals surface area contributed by atoms with Crippen LogP contribution in [0.5, 0.6) is 0 Å². The van der Waals surface area contributed by atoms with Gasteiger partial charge in [0.25, 0.3) is 0 Å². The van der Waals surface area contributed by atoms with Crippen molar-refractivity contribution < 1.29 is 34.7 Å². The van der Waals surface area contributed by atoms with Gasteiger partial charge in [-0.25, -0.2) is 0 Å². The van der Waals surface area contributed by atoms with Gasteiger partial charge in [-0.15, -0.1) is 11.6 Å². The normalized spacial score (nSPS) is 21.4. The Labute approximate surface area is 171 Å². The second-order valence-electron chi connectivity index (χ2n) is 7.15. The van der Waals surface area contributed by atoms with Gasteiger partial charge in [0.2, 0.25) is 0 Å². The smallest absolute Gasteiger partial charge is 0.864 e. The van der Waals surface area contributed by atoms with Gasteiger partial charge in [-0.2, -0.15) is 0 Å². The predicted molar refractivity (Wildman–Crippen MR) is 95.8 cm³/mol. The minimum atomic E-state index is -0.296. The van der Waals surface area contributed by atoms with Gasteiger partial charge >= 0.3 is 29.6 Å². The van der Waals surface area contributed by atoms with Crippen molar-refractivity contribution in [2.45, 2.75) is 103 Å². The fourth-order valence-corrected chi connectivity index (χ4v) is 4.11. The molecular formula is C20H36ClNaO. The Morgan fingerprint density at radius 2 is 1.43 bits per heavy atom. The first-order chi connectivity index (χ1) is 10.7. The van der Waals surface area contributed by atoms with Crippen LogP contribution in [0.1, 0.15) is 103 Å². The number of hydrogen-bond donors (Lipinski definition) is 0. The molecule has 1 rings (SSSR count). The topological polar surface area (TPSA) is 23.1 Å². The zero-order chi connectivity index (χ0) is 16.0. The van der Waals surface area contributed by atoms with Crippen molar-refractivity contribution in [3.63, 3.8) is 0 Å². The van der Waals surface area contributed by atoms with Crippen LogP contribution in [0.25, 0.3) is 0 Å². The van der Waals surface area contributed by atoms with Crippen LogP contribution < -0.4 is 34.7 Å². The van der Waals surface area contributed by atoms with E-state index in [1.807, 2.05) is 0 Å². The van der Waals surface area contributed by atoms with E-state index in [4.69, 9.17) is 11.6 Å². The van der Waals surface area contributed by atoms with Gasteiger partial charge in [-0.3, -0.25) is 0 Å². The van der Waals surface area contributed by atoms with E-state index in [1.165, 1.54) is 83.5 Å². The van der Waals surface area contributed by atoms with Crippen LogP contribution in [0.15, 0.2) is 11.3 Å². The second kappa shape index (κ2) is 16.3. The third-order valence-electron chi connectivity index (χ3n) is 5.33. The molecule has 1 saturated carbocycles. The number of halogens is 1. The first kappa shape index (κ1) is 23.8. The maximum atomic E-state index is 10.6. The van der Waals surface area contributed by atoms with Crippen LogP contribution in [0.2, 0.25) is 0 Å². The second-order valence-corrected chi connectivity index (χ2v) is 7.53. The maximum absolute atomic E-state index is 10.6. The zero-order valence-corrected chi connectivity index (χ0v) is 18.4. The molecule has 23 heavy (non-hydrogen) atoms. The van der Waals surface area contributed by atoms with E-state index in [9.17, 15) is 5.11 Å². The Morgan fingerprint density at radius 3 is 2.00 bits per heavy atom. The van der Waals surface area contributed by atoms with E-state index in [-0.39, 0.29) is 34.8 Å². The van der Waals surface area contributed by atoms with E-state index in [0.717, 1.165) is 24.7 Å². The van der Waals surface area contributed by atoms with Crippen molar-refractivity contribution in [1.82, 2.24) is 0 Å². The van der Waals surface area contributed by atoms with Gasteiger partial charge in [0, 0.05) is 0 Å². The minimum Gasteiger partial charge on any atom is -0.864 e. The zero-order valence-electron chi connectivity index (χ0n) is 15.6. The van der Waals surface area contributed by atoms with Crippen LogP contribution in [-0.4, -0.2) is 0 Å². The van der Waals surface area contributed by atoms with E-state index in [2.05, 4.69) is 6.92 Å². The summed E-state index contributed by atoms with van der Waals surface area (Å²) in [7, 11) is 0. The summed E-state index contributed by atoms with van der Waals surface area (Å²) in [6, 6.07) is 0. The number of hydrogen-bond acceptors (Lipinski definition) is 1. The molecule has 0 spiro atoms. The Morgan fingerprint density at radius 1 is 0.913 bits per heavy atom. The summed E-state index contributed by atoms with van der Waals surface area (Å²) in [6.45, 7) is 2.29. The molecular weight excluding hydrogens is 315 g/mol. The van der Waals surface area contributed by atoms with E-state index < -0.39 is 0 Å². The van der Waals surface area contributed by atoms with Crippen LogP contribution in [0.4, 0.5) is 0 Å². The molecule has 1 aliphatic rings. The molecule has 0 N–H and O–H groups in total. The molecule has 0 aromatic rings. The molecule has 1 nitrogen and oxygen atoms in total. The summed E-state index contributed by atoms with van der Waals surface area (Å²) in [6.07, 6.45) is 22.0. The predicted octanol–water partition coefficient (Wildman–Crippen LogP) is 3.55. The molecule has 0 unspecified atom stereocenters. The van der Waals surface area contributed by atoms with Crippen LogP contribution in [-0.2, 0) is 0 Å². The molecule has 0 aromatic heterocycles. The minimum absolute atomic E-state index is 0. The van der Waals surface area contributed by atoms with Crippen molar-refractivity contribution in [2.24, 2.45) is 11.8 Å². The number of unbranched alkanes of at least 4 members (excludes halogenated alkanes) is 8. The van der Waals surface area contributed by atoms with E-state index in [0.29, 0.717) is 0 Å². The molecule has 1 aliphatic carbocycles. The Kier molecular flexibility index (Phi) is 16.9. The van der Waals surface area contributed by atoms with Gasteiger partial charge in [-0.1, -0.05) is 96.5 Å². The van der Waals surface area contributed by atoms with Crippen molar-refractivity contribution in [3.05, 3.63) is 11.3 Å². The van der Waals surface area contributed by atoms with Crippen molar-refractivity contribution >= 4 is 11.6 Å². The summed E-state index contributed by atoms with van der Waals surface area (Å²) in [5.74, 6) is 2.01. The first-order valence-corrected chi connectivity index (χ1v) is 10.1. The SMILES string of the molecule is CCCCCCCC[C@H]1CCC[C@@H]1CCCCCC=C([O-])Cl.[Na+]. The van der Waals surface area contributed by atoms with Crippen LogP contribution >= 0.6 is 11.6 Å². The summed E-state index contributed by atoms with van der Waals surface area (Å²) in [5, 5.41) is 10.3. The van der Waals surface area contributed by atoms with Crippen molar-refractivity contribution in [3.8, 4) is 0 Å². The fraction of sp³-hybridized carbons (Fsp3) is 0.900. The molecule has 0 aliphatic heterocycles. The van der Waals surface area contributed by atoms with E-state index in [1.54, 1.807) is 6.08 Å². The molecule has 3 heteroatoms. The standard InChI is InChI=1S/C20H37ClO.Na/c1-2-3-4-5-6-9-13-18-15-12-16-19(18)14-10-7-8-11-17-20(21)22;/h17-19,22H,2-16H2,1H3;/q;+1/p-1/t18-,19-;/m0./s1. The number of rotatable bonds is 13. The number of allylic oxidation sites excluding steroid dienone is 1. The van der Waals surface area contributed by atoms with Crippen LogP contribution in [0, 0.1) is 11.8 Å². The first-order valence-electron chi connectivity index (χ1n) is 9.76. The van der Waals surface area contributed by atoms with Gasteiger partial charge < -0.3 is 5.11 Å².